The third-order valence-electron chi connectivity index (χ3n) is 5.80. The largest absolute Gasteiger partial charge is 0.469 e. The summed E-state index contributed by atoms with van der Waals surface area (Å²) in [6, 6.07) is 0. The van der Waals surface area contributed by atoms with E-state index >= 15 is 0 Å². The number of hydrogen-bond donors (Lipinski definition) is 0. The molecule has 0 spiro atoms. The molecule has 0 radical (unpaired) electrons. The Labute approximate surface area is 225 Å². The van der Waals surface area contributed by atoms with E-state index in [4.69, 9.17) is 24.0 Å². The fourth-order valence-electron chi connectivity index (χ4n) is 1.69. The molecule has 0 saturated carbocycles. The highest BCUT2D eigenvalue weighted by Crippen LogP contribution is 2.22. The van der Waals surface area contributed by atoms with Crippen molar-refractivity contribution in [3.05, 3.63) is 12.2 Å². The van der Waals surface area contributed by atoms with E-state index in [0.717, 1.165) is 24.8 Å². The van der Waals surface area contributed by atoms with Gasteiger partial charge in [-0.3, -0.25) is 14.4 Å². The van der Waals surface area contributed by atoms with E-state index < -0.39 is 5.41 Å². The minimum atomic E-state index is -0.432. The molecule has 0 unspecified atom stereocenters. The van der Waals surface area contributed by atoms with Crippen LogP contribution in [0.1, 0.15) is 88.5 Å². The molecule has 0 aromatic rings. The molecular weight excluding hydrogens is 480 g/mol. The lowest BCUT2D eigenvalue weighted by molar-refractivity contribution is -0.292. The summed E-state index contributed by atoms with van der Waals surface area (Å²) in [5, 5.41) is 0. The Morgan fingerprint density at radius 2 is 1.00 bits per heavy atom. The van der Waals surface area contributed by atoms with Gasteiger partial charge in [-0.05, 0) is 67.7 Å². The van der Waals surface area contributed by atoms with Gasteiger partial charge < -0.3 is 18.9 Å². The molecule has 0 aromatic heterocycles. The number of rotatable bonds is 15. The third kappa shape index (κ3) is 20.7. The topological polar surface area (TPSA) is 107 Å². The zero-order chi connectivity index (χ0) is 29.7. The van der Waals surface area contributed by atoms with Crippen LogP contribution in [0.25, 0.3) is 0 Å². The van der Waals surface area contributed by atoms with Crippen molar-refractivity contribution < 1.29 is 43.1 Å². The van der Waals surface area contributed by atoms with Crippen molar-refractivity contribution in [1.29, 1.82) is 0 Å². The van der Waals surface area contributed by atoms with Crippen LogP contribution in [0.4, 0.5) is 0 Å². The number of carbonyl (C=O) groups excluding carboxylic acids is 3. The van der Waals surface area contributed by atoms with E-state index in [0.29, 0.717) is 19.8 Å². The van der Waals surface area contributed by atoms with Gasteiger partial charge >= 0.3 is 17.9 Å². The second-order valence-corrected chi connectivity index (χ2v) is 10.5. The van der Waals surface area contributed by atoms with Crippen molar-refractivity contribution >= 4 is 17.9 Å². The lowest BCUT2D eigenvalue weighted by atomic mass is 9.91. The van der Waals surface area contributed by atoms with Crippen LogP contribution in [-0.4, -0.2) is 65.2 Å². The molecule has 0 aliphatic carbocycles. The van der Waals surface area contributed by atoms with Crippen molar-refractivity contribution in [3.8, 4) is 0 Å². The maximum Gasteiger partial charge on any atom is 0.311 e. The average Bonchev–Trinajstić information content (AvgIpc) is 2.85. The van der Waals surface area contributed by atoms with Crippen LogP contribution in [-0.2, 0) is 43.1 Å². The van der Waals surface area contributed by atoms with E-state index in [1.807, 2.05) is 69.2 Å². The maximum absolute atomic E-state index is 11.5. The smallest absolute Gasteiger partial charge is 0.311 e. The fourth-order valence-corrected chi connectivity index (χ4v) is 1.69. The summed E-state index contributed by atoms with van der Waals surface area (Å²) in [5.41, 5.74) is -0.231. The summed E-state index contributed by atoms with van der Waals surface area (Å²) < 4.78 is 19.3. The molecule has 0 amide bonds. The highest BCUT2D eigenvalue weighted by molar-refractivity contribution is 5.76. The molecule has 37 heavy (non-hydrogen) atoms. The van der Waals surface area contributed by atoms with Gasteiger partial charge in [-0.2, -0.15) is 0 Å². The monoisotopic (exact) mass is 534 g/mol. The van der Waals surface area contributed by atoms with Crippen LogP contribution in [0.5, 0.6) is 0 Å². The van der Waals surface area contributed by atoms with Gasteiger partial charge in [0.15, 0.2) is 0 Å². The standard InChI is InChI=1S/C12H22O4.C9H18O3.C7H14O2/c1-6-12(4,5)11(13)14-7-8-15-16-9-10(2)3;1-5-9(2,3)8(10)12-7-6-11-4;1-5-7(2,3)6(8)9-4/h2,6-9H2,1,3-5H3;5-7H2,1-4H3;5H2,1-4H3. The van der Waals surface area contributed by atoms with E-state index in [-0.39, 0.29) is 42.0 Å². The van der Waals surface area contributed by atoms with Crippen LogP contribution in [0.2, 0.25) is 0 Å². The van der Waals surface area contributed by atoms with E-state index in [1.54, 1.807) is 7.11 Å². The lowest BCUT2D eigenvalue weighted by Gasteiger charge is -2.20. The summed E-state index contributed by atoms with van der Waals surface area (Å²) in [6.45, 7) is 24.2. The van der Waals surface area contributed by atoms with Crippen LogP contribution < -0.4 is 0 Å². The molecule has 0 aromatic carbocycles. The molecule has 0 atom stereocenters. The van der Waals surface area contributed by atoms with Gasteiger partial charge in [0.05, 0.1) is 30.0 Å². The molecule has 0 saturated heterocycles. The van der Waals surface area contributed by atoms with Crippen molar-refractivity contribution in [3.63, 3.8) is 0 Å². The predicted molar refractivity (Wildman–Crippen MR) is 145 cm³/mol. The first-order chi connectivity index (χ1) is 17.0. The molecule has 0 bridgehead atoms. The van der Waals surface area contributed by atoms with E-state index in [1.165, 1.54) is 7.11 Å². The number of esters is 3. The molecule has 0 N–H and O–H groups in total. The SMILES string of the molecule is C=C(C)COOCCOC(=O)C(C)(C)CC.CCC(C)(C)C(=O)OC.CCC(C)(C)C(=O)OCCOC. The summed E-state index contributed by atoms with van der Waals surface area (Å²) in [6.07, 6.45) is 2.36. The van der Waals surface area contributed by atoms with Crippen molar-refractivity contribution in [2.24, 2.45) is 16.2 Å². The molecule has 0 heterocycles. The van der Waals surface area contributed by atoms with Crippen LogP contribution >= 0.6 is 0 Å². The zero-order valence-corrected chi connectivity index (χ0v) is 25.5. The summed E-state index contributed by atoms with van der Waals surface area (Å²) in [5.74, 6) is -0.495. The van der Waals surface area contributed by atoms with Gasteiger partial charge in [-0.25, -0.2) is 9.78 Å². The van der Waals surface area contributed by atoms with Crippen LogP contribution in [0, 0.1) is 16.2 Å². The van der Waals surface area contributed by atoms with Crippen molar-refractivity contribution in [1.82, 2.24) is 0 Å². The number of carbonyl (C=O) groups is 3. The molecule has 0 aliphatic heterocycles. The Balaban J connectivity index is -0.000000490. The summed E-state index contributed by atoms with van der Waals surface area (Å²) in [4.78, 5) is 43.2. The second-order valence-electron chi connectivity index (χ2n) is 10.5. The van der Waals surface area contributed by atoms with Gasteiger partial charge in [0.25, 0.3) is 0 Å². The van der Waals surface area contributed by atoms with Gasteiger partial charge in [-0.15, -0.1) is 0 Å². The Hall–Kier alpha value is -1.97. The maximum atomic E-state index is 11.5. The highest BCUT2D eigenvalue weighted by atomic mass is 17.2. The average molecular weight is 535 g/mol. The number of ether oxygens (including phenoxy) is 4. The molecule has 220 valence electrons. The third-order valence-corrected chi connectivity index (χ3v) is 5.80. The van der Waals surface area contributed by atoms with E-state index in [2.05, 4.69) is 11.3 Å². The number of hydrogen-bond acceptors (Lipinski definition) is 9. The van der Waals surface area contributed by atoms with Crippen molar-refractivity contribution in [2.45, 2.75) is 88.5 Å². The van der Waals surface area contributed by atoms with Gasteiger partial charge in [0.2, 0.25) is 0 Å². The summed E-state index contributed by atoms with van der Waals surface area (Å²) in [7, 11) is 3.00. The normalized spacial score (nSPS) is 11.2. The quantitative estimate of drug-likeness (QED) is 0.0653. The Morgan fingerprint density at radius 3 is 1.30 bits per heavy atom. The Kier molecular flexibility index (Phi) is 22.5. The first-order valence-electron chi connectivity index (χ1n) is 12.8. The first-order valence-corrected chi connectivity index (χ1v) is 12.8. The van der Waals surface area contributed by atoms with Gasteiger partial charge in [0, 0.05) is 7.11 Å². The second kappa shape index (κ2) is 21.0. The zero-order valence-electron chi connectivity index (χ0n) is 25.5. The molecule has 0 rings (SSSR count). The van der Waals surface area contributed by atoms with Crippen LogP contribution in [0.15, 0.2) is 12.2 Å². The molecule has 0 aliphatic rings. The van der Waals surface area contributed by atoms with Gasteiger partial charge in [0.1, 0.15) is 26.4 Å². The van der Waals surface area contributed by atoms with Crippen LogP contribution in [0.3, 0.4) is 0 Å². The number of methoxy groups -OCH3 is 2. The molecule has 0 fully saturated rings. The molecular formula is C28H54O9. The minimum Gasteiger partial charge on any atom is -0.469 e. The molecule has 9 heteroatoms. The van der Waals surface area contributed by atoms with E-state index in [9.17, 15) is 14.4 Å². The Bertz CT molecular complexity index is 652. The van der Waals surface area contributed by atoms with Crippen molar-refractivity contribution in [2.75, 3.05) is 47.3 Å². The lowest BCUT2D eigenvalue weighted by Crippen LogP contribution is -2.27. The highest BCUT2D eigenvalue weighted by Gasteiger charge is 2.27. The first kappa shape index (κ1) is 39.5. The van der Waals surface area contributed by atoms with Gasteiger partial charge in [-0.1, -0.05) is 32.9 Å². The molecule has 9 nitrogen and oxygen atoms in total. The fraction of sp³-hybridized carbons (Fsp3) is 0.821. The minimum absolute atomic E-state index is 0.134. The predicted octanol–water partition coefficient (Wildman–Crippen LogP) is 5.70. The Morgan fingerprint density at radius 1 is 0.622 bits per heavy atom. The summed E-state index contributed by atoms with van der Waals surface area (Å²) >= 11 is 0.